The Morgan fingerprint density at radius 2 is 0.724 bits per heavy atom. The van der Waals surface area contributed by atoms with Gasteiger partial charge in [-0.3, -0.25) is 0 Å². The van der Waals surface area contributed by atoms with Crippen molar-refractivity contribution in [3.8, 4) is 33.4 Å². The third kappa shape index (κ3) is 5.56. The Kier molecular flexibility index (Phi) is 8.31. The molecule has 0 aliphatic carbocycles. The Bertz CT molecular complexity index is 2940. The lowest BCUT2D eigenvalue weighted by Crippen LogP contribution is -2.11. The van der Waals surface area contributed by atoms with Crippen LogP contribution in [0.25, 0.3) is 54.9 Å². The van der Waals surface area contributed by atoms with E-state index in [2.05, 4.69) is 241 Å². The van der Waals surface area contributed by atoms with E-state index in [4.69, 9.17) is 0 Å². The number of anilines is 3. The van der Waals surface area contributed by atoms with Gasteiger partial charge in [0, 0.05) is 36.5 Å². The molecular formula is C56H39NS. The topological polar surface area (TPSA) is 3.24 Å². The molecule has 1 heterocycles. The molecule has 0 bridgehead atoms. The summed E-state index contributed by atoms with van der Waals surface area (Å²) in [4.78, 5) is 7.90. The van der Waals surface area contributed by atoms with E-state index in [0.717, 1.165) is 11.4 Å². The van der Waals surface area contributed by atoms with Gasteiger partial charge in [-0.1, -0.05) is 170 Å². The average Bonchev–Trinajstić information content (AvgIpc) is 3.61. The normalized spacial score (nSPS) is 13.2. The average molecular weight is 758 g/mol. The van der Waals surface area contributed by atoms with Gasteiger partial charge in [-0.05, 0) is 116 Å². The van der Waals surface area contributed by atoms with Crippen LogP contribution in [0.1, 0.15) is 0 Å². The maximum Gasteiger partial charge on any atom is 0.0551 e. The van der Waals surface area contributed by atoms with Crippen LogP contribution in [0.2, 0.25) is 0 Å². The molecule has 10 aromatic rings. The lowest BCUT2D eigenvalue weighted by molar-refractivity contribution is 1.26. The van der Waals surface area contributed by atoms with Crippen molar-refractivity contribution in [3.63, 3.8) is 0 Å². The maximum atomic E-state index is 2.47. The summed E-state index contributed by atoms with van der Waals surface area (Å²) < 4.78 is 0. The minimum absolute atomic E-state index is 1.11. The van der Waals surface area contributed by atoms with E-state index in [-0.39, 0.29) is 0 Å². The molecule has 0 spiro atoms. The summed E-state index contributed by atoms with van der Waals surface area (Å²) in [5.41, 5.74) is 10.8. The second kappa shape index (κ2) is 14.1. The largest absolute Gasteiger partial charge is 0.310 e. The van der Waals surface area contributed by atoms with E-state index in [1.165, 1.54) is 80.2 Å². The summed E-state index contributed by atoms with van der Waals surface area (Å²) in [6, 6.07) is 87.5. The van der Waals surface area contributed by atoms with Crippen LogP contribution in [0.3, 0.4) is 0 Å². The van der Waals surface area contributed by atoms with Gasteiger partial charge in [0.2, 0.25) is 0 Å². The highest BCUT2D eigenvalue weighted by atomic mass is 32.3. The monoisotopic (exact) mass is 757 g/mol. The number of hydrogen-bond acceptors (Lipinski definition) is 1. The highest BCUT2D eigenvalue weighted by molar-refractivity contribution is 8.34. The van der Waals surface area contributed by atoms with Gasteiger partial charge < -0.3 is 4.90 Å². The van der Waals surface area contributed by atoms with Crippen molar-refractivity contribution in [2.45, 2.75) is 19.6 Å². The van der Waals surface area contributed by atoms with Gasteiger partial charge in [0.05, 0.1) is 5.69 Å². The molecule has 1 nitrogen and oxygen atoms in total. The number of rotatable bonds is 7. The quantitative estimate of drug-likeness (QED) is 0.156. The first kappa shape index (κ1) is 34.1. The SMILES string of the molecule is c1ccc(-c2ccc(N(c3ccc(-c4ccccc4)cc3)c3cccc4c3-c3ccccc3S4(c3ccc4ccccc4c3)c3ccc4ccccc4c3)cc2)cc1. The molecule has 274 valence electrons. The first-order valence-electron chi connectivity index (χ1n) is 19.9. The predicted molar refractivity (Wildman–Crippen MR) is 246 cm³/mol. The van der Waals surface area contributed by atoms with E-state index >= 15 is 0 Å². The van der Waals surface area contributed by atoms with Crippen LogP contribution in [0.15, 0.2) is 256 Å². The Balaban J connectivity index is 1.18. The second-order valence-corrected chi connectivity index (χ2v) is 18.0. The molecule has 0 saturated heterocycles. The fourth-order valence-electron chi connectivity index (χ4n) is 8.94. The molecule has 0 atom stereocenters. The molecule has 11 rings (SSSR count). The summed E-state index contributed by atoms with van der Waals surface area (Å²) in [7, 11) is -1.95. The summed E-state index contributed by atoms with van der Waals surface area (Å²) in [6.07, 6.45) is 0. The third-order valence-electron chi connectivity index (χ3n) is 11.7. The smallest absolute Gasteiger partial charge is 0.0551 e. The first-order chi connectivity index (χ1) is 28.8. The second-order valence-electron chi connectivity index (χ2n) is 14.9. The molecule has 58 heavy (non-hydrogen) atoms. The molecule has 0 saturated carbocycles. The molecule has 2 heteroatoms. The summed E-state index contributed by atoms with van der Waals surface area (Å²) in [6.45, 7) is 0. The zero-order valence-corrected chi connectivity index (χ0v) is 32.7. The van der Waals surface area contributed by atoms with Crippen molar-refractivity contribution in [2.24, 2.45) is 0 Å². The van der Waals surface area contributed by atoms with Crippen molar-refractivity contribution in [1.82, 2.24) is 0 Å². The van der Waals surface area contributed by atoms with Gasteiger partial charge in [0.25, 0.3) is 0 Å². The molecule has 1 aliphatic heterocycles. The number of hydrogen-bond donors (Lipinski definition) is 0. The molecule has 1 aliphatic rings. The zero-order valence-electron chi connectivity index (χ0n) is 31.9. The zero-order chi connectivity index (χ0) is 38.5. The van der Waals surface area contributed by atoms with Crippen LogP contribution in [-0.4, -0.2) is 0 Å². The van der Waals surface area contributed by atoms with Crippen LogP contribution in [0, 0.1) is 0 Å². The van der Waals surface area contributed by atoms with E-state index in [1.807, 2.05) is 0 Å². The van der Waals surface area contributed by atoms with Crippen LogP contribution in [-0.2, 0) is 0 Å². The van der Waals surface area contributed by atoms with Gasteiger partial charge in [0.15, 0.2) is 0 Å². The van der Waals surface area contributed by atoms with Gasteiger partial charge in [-0.15, -0.1) is 10.0 Å². The Morgan fingerprint density at radius 1 is 0.293 bits per heavy atom. The highest BCUT2D eigenvalue weighted by Crippen LogP contribution is 2.81. The van der Waals surface area contributed by atoms with Crippen molar-refractivity contribution < 1.29 is 0 Å². The van der Waals surface area contributed by atoms with Crippen molar-refractivity contribution in [2.75, 3.05) is 4.90 Å². The third-order valence-corrected chi connectivity index (χ3v) is 15.6. The molecule has 0 radical (unpaired) electrons. The summed E-state index contributed by atoms with van der Waals surface area (Å²) in [5.74, 6) is 0. The van der Waals surface area contributed by atoms with Crippen molar-refractivity contribution in [3.05, 3.63) is 237 Å². The highest BCUT2D eigenvalue weighted by Gasteiger charge is 2.44. The van der Waals surface area contributed by atoms with E-state index < -0.39 is 10.0 Å². The van der Waals surface area contributed by atoms with Gasteiger partial charge >= 0.3 is 0 Å². The van der Waals surface area contributed by atoms with Crippen molar-refractivity contribution >= 4 is 48.6 Å². The maximum absolute atomic E-state index is 2.47. The Labute approximate surface area is 341 Å². The first-order valence-corrected chi connectivity index (χ1v) is 21.5. The van der Waals surface area contributed by atoms with Crippen LogP contribution in [0.4, 0.5) is 17.1 Å². The van der Waals surface area contributed by atoms with Crippen LogP contribution < -0.4 is 4.90 Å². The lowest BCUT2D eigenvalue weighted by Gasteiger charge is -2.40. The lowest BCUT2D eigenvalue weighted by atomic mass is 10.0. The molecule has 0 amide bonds. The number of fused-ring (bicyclic) bond motifs is 5. The number of benzene rings is 10. The predicted octanol–water partition coefficient (Wildman–Crippen LogP) is 16.1. The molecule has 0 N–H and O–H groups in total. The molecule has 0 aromatic heterocycles. The molecule has 10 aromatic carbocycles. The van der Waals surface area contributed by atoms with Gasteiger partial charge in [-0.25, -0.2) is 0 Å². The fraction of sp³-hybridized carbons (Fsp3) is 0. The number of nitrogens with zero attached hydrogens (tertiary/aromatic N) is 1. The fourth-order valence-corrected chi connectivity index (χ4v) is 13.2. The van der Waals surface area contributed by atoms with E-state index in [0.29, 0.717) is 0 Å². The van der Waals surface area contributed by atoms with Crippen LogP contribution >= 0.6 is 10.0 Å². The van der Waals surface area contributed by atoms with Crippen LogP contribution in [0.5, 0.6) is 0 Å². The summed E-state index contributed by atoms with van der Waals surface area (Å²) in [5, 5.41) is 5.02. The summed E-state index contributed by atoms with van der Waals surface area (Å²) >= 11 is 0. The van der Waals surface area contributed by atoms with Crippen molar-refractivity contribution in [1.29, 1.82) is 0 Å². The molecule has 0 unspecified atom stereocenters. The minimum atomic E-state index is -1.95. The van der Waals surface area contributed by atoms with Gasteiger partial charge in [-0.2, -0.15) is 0 Å². The molecular weight excluding hydrogens is 719 g/mol. The standard InChI is InChI=1S/C56H39NS/c1-3-14-40(15-4-1)44-26-32-48(33-27-44)57(49-34-28-45(29-35-49)41-16-5-2-6-17-41)53-23-13-25-55-56(53)52-22-11-12-24-54(52)58(55,50-36-30-42-18-7-9-20-46(42)38-50)51-37-31-43-19-8-10-21-47(43)39-51/h1-39H. The van der Waals surface area contributed by atoms with E-state index in [1.54, 1.807) is 0 Å². The minimum Gasteiger partial charge on any atom is -0.310 e. The molecule has 0 fully saturated rings. The Morgan fingerprint density at radius 3 is 1.26 bits per heavy atom. The van der Waals surface area contributed by atoms with Gasteiger partial charge in [0.1, 0.15) is 0 Å². The Hall–Kier alpha value is -7.13. The van der Waals surface area contributed by atoms with E-state index in [9.17, 15) is 0 Å².